The Bertz CT molecular complexity index is 1550. The minimum atomic E-state index is 0.0444. The van der Waals surface area contributed by atoms with E-state index in [0.717, 1.165) is 51.2 Å². The van der Waals surface area contributed by atoms with E-state index in [4.69, 9.17) is 16.6 Å². The summed E-state index contributed by atoms with van der Waals surface area (Å²) in [6.45, 7) is 1.37. The number of anilines is 1. The van der Waals surface area contributed by atoms with Crippen LogP contribution >= 0.6 is 23.4 Å². The molecule has 1 amide bonds. The van der Waals surface area contributed by atoms with Gasteiger partial charge in [-0.05, 0) is 59.5 Å². The van der Waals surface area contributed by atoms with E-state index < -0.39 is 0 Å². The van der Waals surface area contributed by atoms with Crippen molar-refractivity contribution in [1.29, 1.82) is 0 Å². The average Bonchev–Trinajstić information content (AvgIpc) is 3.50. The first-order valence-corrected chi connectivity index (χ1v) is 13.2. The van der Waals surface area contributed by atoms with Crippen LogP contribution in [0.15, 0.2) is 96.4 Å². The van der Waals surface area contributed by atoms with E-state index in [2.05, 4.69) is 15.6 Å². The number of pyridine rings is 1. The largest absolute Gasteiger partial charge is 0.313 e. The number of aromatic nitrogens is 3. The fourth-order valence-electron chi connectivity index (χ4n) is 4.58. The van der Waals surface area contributed by atoms with Crippen LogP contribution in [-0.2, 0) is 18.7 Å². The minimum Gasteiger partial charge on any atom is -0.313 e. The Labute approximate surface area is 218 Å². The topological polar surface area (TPSA) is 51.0 Å². The zero-order valence-corrected chi connectivity index (χ0v) is 21.0. The van der Waals surface area contributed by atoms with Gasteiger partial charge in [-0.1, -0.05) is 65.8 Å². The molecule has 0 saturated heterocycles. The summed E-state index contributed by atoms with van der Waals surface area (Å²) < 4.78 is 2.19. The highest BCUT2D eigenvalue weighted by atomic mass is 35.5. The van der Waals surface area contributed by atoms with Crippen molar-refractivity contribution in [3.8, 4) is 0 Å². The number of fused-ring (bicyclic) bond motifs is 2. The molecule has 0 spiro atoms. The first-order valence-electron chi connectivity index (χ1n) is 11.8. The molecule has 1 aliphatic heterocycles. The zero-order chi connectivity index (χ0) is 24.5. The van der Waals surface area contributed by atoms with E-state index in [9.17, 15) is 4.79 Å². The molecule has 178 valence electrons. The molecular formula is C29H23ClN4OS. The number of benzene rings is 3. The van der Waals surface area contributed by atoms with Crippen LogP contribution in [0.2, 0.25) is 5.02 Å². The average molecular weight is 511 g/mol. The number of nitrogens with zero attached hydrogens (tertiary/aromatic N) is 4. The predicted octanol–water partition coefficient (Wildman–Crippen LogP) is 6.63. The molecule has 36 heavy (non-hydrogen) atoms. The number of thioether (sulfide) groups is 1. The monoisotopic (exact) mass is 510 g/mol. The van der Waals surface area contributed by atoms with E-state index in [1.807, 2.05) is 83.9 Å². The molecule has 0 atom stereocenters. The molecule has 0 aliphatic carbocycles. The maximum absolute atomic E-state index is 13.2. The van der Waals surface area contributed by atoms with E-state index in [1.54, 1.807) is 18.0 Å². The molecule has 3 aromatic carbocycles. The fraction of sp³-hybridized carbons (Fsp3) is 0.138. The van der Waals surface area contributed by atoms with Crippen molar-refractivity contribution in [3.05, 3.63) is 119 Å². The van der Waals surface area contributed by atoms with E-state index in [1.165, 1.54) is 11.1 Å². The summed E-state index contributed by atoms with van der Waals surface area (Å²) in [6.07, 6.45) is 4.53. The van der Waals surface area contributed by atoms with Gasteiger partial charge in [0, 0.05) is 34.8 Å². The lowest BCUT2D eigenvalue weighted by Gasteiger charge is -2.17. The summed E-state index contributed by atoms with van der Waals surface area (Å²) in [6, 6.07) is 25.9. The van der Waals surface area contributed by atoms with Crippen LogP contribution in [0.4, 0.5) is 5.69 Å². The van der Waals surface area contributed by atoms with Crippen LogP contribution in [0.25, 0.3) is 11.0 Å². The number of hydrogen-bond donors (Lipinski definition) is 0. The van der Waals surface area contributed by atoms with Crippen LogP contribution in [0.5, 0.6) is 0 Å². The molecule has 5 aromatic rings. The summed E-state index contributed by atoms with van der Waals surface area (Å²) in [4.78, 5) is 24.3. The van der Waals surface area contributed by atoms with Gasteiger partial charge in [0.05, 0.1) is 23.8 Å². The molecule has 7 heteroatoms. The normalized spacial score (nSPS) is 12.8. The minimum absolute atomic E-state index is 0.0444. The Morgan fingerprint density at radius 3 is 2.56 bits per heavy atom. The lowest BCUT2D eigenvalue weighted by molar-refractivity contribution is 0.0989. The highest BCUT2D eigenvalue weighted by molar-refractivity contribution is 7.98. The van der Waals surface area contributed by atoms with Gasteiger partial charge in [-0.25, -0.2) is 4.98 Å². The van der Waals surface area contributed by atoms with Crippen molar-refractivity contribution < 1.29 is 4.79 Å². The third kappa shape index (κ3) is 4.50. The van der Waals surface area contributed by atoms with Gasteiger partial charge in [-0.15, -0.1) is 0 Å². The molecule has 1 aliphatic rings. The number of hydrogen-bond acceptors (Lipinski definition) is 4. The first kappa shape index (κ1) is 22.8. The second-order valence-electron chi connectivity index (χ2n) is 8.79. The quantitative estimate of drug-likeness (QED) is 0.241. The molecular weight excluding hydrogens is 488 g/mol. The SMILES string of the molecule is O=C(c1ccc(Cn2c(SCc3ccc(Cl)cc3)nc3ccncc32)cc1)N1CCc2ccccc21. The molecule has 0 unspecified atom stereocenters. The second kappa shape index (κ2) is 9.80. The van der Waals surface area contributed by atoms with Gasteiger partial charge in [0.1, 0.15) is 0 Å². The lowest BCUT2D eigenvalue weighted by Crippen LogP contribution is -2.28. The van der Waals surface area contributed by atoms with Crippen molar-refractivity contribution in [1.82, 2.24) is 14.5 Å². The van der Waals surface area contributed by atoms with E-state index >= 15 is 0 Å². The van der Waals surface area contributed by atoms with Gasteiger partial charge in [0.25, 0.3) is 5.91 Å². The Morgan fingerprint density at radius 1 is 0.944 bits per heavy atom. The Kier molecular flexibility index (Phi) is 6.21. The van der Waals surface area contributed by atoms with Gasteiger partial charge in [-0.3, -0.25) is 9.78 Å². The van der Waals surface area contributed by atoms with Crippen molar-refractivity contribution >= 4 is 46.0 Å². The van der Waals surface area contributed by atoms with Crippen molar-refractivity contribution in [2.75, 3.05) is 11.4 Å². The van der Waals surface area contributed by atoms with Gasteiger partial charge in [0.2, 0.25) is 0 Å². The summed E-state index contributed by atoms with van der Waals surface area (Å²) in [5.41, 5.74) is 7.15. The van der Waals surface area contributed by atoms with Gasteiger partial charge in [0.15, 0.2) is 5.16 Å². The lowest BCUT2D eigenvalue weighted by atomic mass is 10.1. The number of amides is 1. The van der Waals surface area contributed by atoms with Crippen molar-refractivity contribution in [3.63, 3.8) is 0 Å². The van der Waals surface area contributed by atoms with Gasteiger partial charge in [-0.2, -0.15) is 0 Å². The second-order valence-corrected chi connectivity index (χ2v) is 10.2. The number of halogens is 1. The van der Waals surface area contributed by atoms with E-state index in [0.29, 0.717) is 12.1 Å². The highest BCUT2D eigenvalue weighted by Crippen LogP contribution is 2.30. The van der Waals surface area contributed by atoms with Crippen LogP contribution in [-0.4, -0.2) is 27.0 Å². The number of carbonyl (C=O) groups is 1. The van der Waals surface area contributed by atoms with Crippen LogP contribution in [0.3, 0.4) is 0 Å². The maximum Gasteiger partial charge on any atom is 0.258 e. The zero-order valence-electron chi connectivity index (χ0n) is 19.5. The maximum atomic E-state index is 13.2. The summed E-state index contributed by atoms with van der Waals surface area (Å²) >= 11 is 7.72. The predicted molar refractivity (Wildman–Crippen MR) is 146 cm³/mol. The Morgan fingerprint density at radius 2 is 1.72 bits per heavy atom. The van der Waals surface area contributed by atoms with Gasteiger partial charge < -0.3 is 9.47 Å². The Hall–Kier alpha value is -3.61. The summed E-state index contributed by atoms with van der Waals surface area (Å²) in [7, 11) is 0. The summed E-state index contributed by atoms with van der Waals surface area (Å²) in [5, 5.41) is 1.67. The first-order chi connectivity index (χ1) is 17.7. The number of para-hydroxylation sites is 1. The Balaban J connectivity index is 1.23. The standard InChI is InChI=1S/C29H23ClN4OS/c30-24-11-7-21(8-12-24)19-36-29-32-25-13-15-31-17-27(25)34(29)18-20-5-9-23(10-6-20)28(35)33-16-14-22-3-1-2-4-26(22)33/h1-13,15,17H,14,16,18-19H2. The van der Waals surface area contributed by atoms with Gasteiger partial charge >= 0.3 is 0 Å². The smallest absolute Gasteiger partial charge is 0.258 e. The molecule has 0 radical (unpaired) electrons. The van der Waals surface area contributed by atoms with Crippen molar-refractivity contribution in [2.24, 2.45) is 0 Å². The summed E-state index contributed by atoms with van der Waals surface area (Å²) in [5.74, 6) is 0.835. The van der Waals surface area contributed by atoms with Crippen LogP contribution in [0.1, 0.15) is 27.0 Å². The third-order valence-electron chi connectivity index (χ3n) is 6.47. The van der Waals surface area contributed by atoms with Crippen LogP contribution < -0.4 is 4.90 Å². The molecule has 6 rings (SSSR count). The molecule has 0 saturated carbocycles. The molecule has 0 fully saturated rings. The third-order valence-corrected chi connectivity index (χ3v) is 7.77. The molecule has 5 nitrogen and oxygen atoms in total. The molecule has 0 bridgehead atoms. The van der Waals surface area contributed by atoms with Crippen molar-refractivity contribution in [2.45, 2.75) is 23.9 Å². The molecule has 2 aromatic heterocycles. The fourth-order valence-corrected chi connectivity index (χ4v) is 5.68. The molecule has 3 heterocycles. The number of rotatable bonds is 6. The highest BCUT2D eigenvalue weighted by Gasteiger charge is 2.25. The van der Waals surface area contributed by atoms with E-state index in [-0.39, 0.29) is 5.91 Å². The number of carbonyl (C=O) groups excluding carboxylic acids is 1. The number of imidazole rings is 1. The molecule has 0 N–H and O–H groups in total. The van der Waals surface area contributed by atoms with Crippen LogP contribution in [0, 0.1) is 0 Å².